The predicted molar refractivity (Wildman–Crippen MR) is 93.6 cm³/mol. The summed E-state index contributed by atoms with van der Waals surface area (Å²) in [7, 11) is 0. The van der Waals surface area contributed by atoms with Crippen LogP contribution in [0.3, 0.4) is 0 Å². The van der Waals surface area contributed by atoms with Crippen LogP contribution in [-0.2, 0) is 0 Å². The number of aliphatic hydroxyl groups excluding tert-OH is 1. The minimum Gasteiger partial charge on any atom is -0.391 e. The smallest absolute Gasteiger partial charge is 0.181 e. The molecule has 128 valence electrons. The summed E-state index contributed by atoms with van der Waals surface area (Å²) in [4.78, 5) is 7.22. The van der Waals surface area contributed by atoms with Crippen LogP contribution in [0, 0.1) is 0 Å². The van der Waals surface area contributed by atoms with E-state index in [1.54, 1.807) is 0 Å². The van der Waals surface area contributed by atoms with Gasteiger partial charge in [0.05, 0.1) is 6.10 Å². The molecular formula is C19H26N4O. The van der Waals surface area contributed by atoms with Gasteiger partial charge in [-0.1, -0.05) is 43.2 Å². The van der Waals surface area contributed by atoms with Crippen LogP contribution < -0.4 is 0 Å². The van der Waals surface area contributed by atoms with E-state index in [1.165, 1.54) is 12.8 Å². The zero-order valence-corrected chi connectivity index (χ0v) is 14.1. The van der Waals surface area contributed by atoms with E-state index in [1.807, 2.05) is 30.3 Å². The summed E-state index contributed by atoms with van der Waals surface area (Å²) in [6, 6.07) is 10.5. The Kier molecular flexibility index (Phi) is 4.63. The SMILES string of the molecule is O[C@@H]1CCCC[C@H]1N1CCC(c2nc(-c3ccccc3)n[nH]2)CC1. The first kappa shape index (κ1) is 15.8. The molecule has 1 saturated heterocycles. The largest absolute Gasteiger partial charge is 0.391 e. The van der Waals surface area contributed by atoms with Crippen LogP contribution in [0.2, 0.25) is 0 Å². The minimum absolute atomic E-state index is 0.134. The van der Waals surface area contributed by atoms with Gasteiger partial charge in [-0.3, -0.25) is 10.00 Å². The number of aromatic amines is 1. The standard InChI is InChI=1S/C19H26N4O/c24-17-9-5-4-8-16(17)23-12-10-15(11-13-23)19-20-18(21-22-19)14-6-2-1-3-7-14/h1-3,6-7,15-17,24H,4-5,8-13H2,(H,20,21,22)/t16-,17-/m1/s1. The summed E-state index contributed by atoms with van der Waals surface area (Å²) < 4.78 is 0. The van der Waals surface area contributed by atoms with Crippen molar-refractivity contribution in [3.63, 3.8) is 0 Å². The molecule has 4 rings (SSSR count). The topological polar surface area (TPSA) is 65.0 Å². The normalized spacial score (nSPS) is 26.5. The van der Waals surface area contributed by atoms with E-state index in [0.29, 0.717) is 12.0 Å². The lowest BCUT2D eigenvalue weighted by atomic mass is 9.88. The summed E-state index contributed by atoms with van der Waals surface area (Å²) in [6.45, 7) is 2.10. The molecule has 24 heavy (non-hydrogen) atoms. The van der Waals surface area contributed by atoms with Gasteiger partial charge in [-0.25, -0.2) is 4.98 Å². The van der Waals surface area contributed by atoms with Crippen LogP contribution in [0.4, 0.5) is 0 Å². The van der Waals surface area contributed by atoms with Crippen molar-refractivity contribution in [2.75, 3.05) is 13.1 Å². The Bertz CT molecular complexity index is 648. The van der Waals surface area contributed by atoms with Gasteiger partial charge < -0.3 is 5.11 Å². The van der Waals surface area contributed by atoms with E-state index < -0.39 is 0 Å². The van der Waals surface area contributed by atoms with E-state index in [2.05, 4.69) is 15.1 Å². The number of aliphatic hydroxyl groups is 1. The molecule has 2 fully saturated rings. The lowest BCUT2D eigenvalue weighted by molar-refractivity contribution is 0.00836. The Balaban J connectivity index is 1.38. The summed E-state index contributed by atoms with van der Waals surface area (Å²) in [6.07, 6.45) is 6.59. The Morgan fingerprint density at radius 1 is 1.00 bits per heavy atom. The van der Waals surface area contributed by atoms with Crippen molar-refractivity contribution in [3.8, 4) is 11.4 Å². The second-order valence-corrected chi connectivity index (χ2v) is 7.14. The molecule has 0 unspecified atom stereocenters. The number of hydrogen-bond acceptors (Lipinski definition) is 4. The average molecular weight is 326 g/mol. The van der Waals surface area contributed by atoms with Gasteiger partial charge in [0, 0.05) is 17.5 Å². The lowest BCUT2D eigenvalue weighted by Gasteiger charge is -2.41. The molecule has 0 bridgehead atoms. The van der Waals surface area contributed by atoms with Gasteiger partial charge in [0.25, 0.3) is 0 Å². The average Bonchev–Trinajstić information content (AvgIpc) is 3.13. The van der Waals surface area contributed by atoms with Crippen molar-refractivity contribution in [1.29, 1.82) is 0 Å². The number of nitrogens with one attached hydrogen (secondary N) is 1. The molecule has 2 aliphatic rings. The van der Waals surface area contributed by atoms with Crippen LogP contribution >= 0.6 is 0 Å². The number of nitrogens with zero attached hydrogens (tertiary/aromatic N) is 3. The highest BCUT2D eigenvalue weighted by molar-refractivity contribution is 5.53. The fraction of sp³-hybridized carbons (Fsp3) is 0.579. The highest BCUT2D eigenvalue weighted by atomic mass is 16.3. The molecule has 1 aliphatic heterocycles. The number of benzene rings is 1. The van der Waals surface area contributed by atoms with Crippen LogP contribution in [0.1, 0.15) is 50.3 Å². The first-order valence-corrected chi connectivity index (χ1v) is 9.21. The quantitative estimate of drug-likeness (QED) is 0.910. The van der Waals surface area contributed by atoms with Gasteiger partial charge in [-0.2, -0.15) is 5.10 Å². The Labute approximate surface area is 143 Å². The highest BCUT2D eigenvalue weighted by Gasteiger charge is 2.32. The number of aromatic nitrogens is 3. The molecular weight excluding hydrogens is 300 g/mol. The summed E-state index contributed by atoms with van der Waals surface area (Å²) in [5, 5.41) is 17.8. The molecule has 0 amide bonds. The molecule has 0 spiro atoms. The molecule has 1 aliphatic carbocycles. The van der Waals surface area contributed by atoms with E-state index >= 15 is 0 Å². The number of hydrogen-bond donors (Lipinski definition) is 2. The maximum absolute atomic E-state index is 10.3. The Morgan fingerprint density at radius 3 is 2.50 bits per heavy atom. The molecule has 2 atom stereocenters. The molecule has 1 aromatic carbocycles. The maximum atomic E-state index is 10.3. The molecule has 1 aromatic heterocycles. The fourth-order valence-electron chi connectivity index (χ4n) is 4.20. The second kappa shape index (κ2) is 7.03. The van der Waals surface area contributed by atoms with Crippen LogP contribution in [-0.4, -0.2) is 50.4 Å². The van der Waals surface area contributed by atoms with E-state index in [0.717, 1.165) is 56.0 Å². The third-order valence-corrected chi connectivity index (χ3v) is 5.61. The molecule has 2 heterocycles. The predicted octanol–water partition coefficient (Wildman–Crippen LogP) is 2.95. The zero-order valence-electron chi connectivity index (χ0n) is 14.1. The van der Waals surface area contributed by atoms with Crippen LogP contribution in [0.25, 0.3) is 11.4 Å². The van der Waals surface area contributed by atoms with E-state index in [9.17, 15) is 5.11 Å². The fourth-order valence-corrected chi connectivity index (χ4v) is 4.20. The monoisotopic (exact) mass is 326 g/mol. The summed E-state index contributed by atoms with van der Waals surface area (Å²) in [5.74, 6) is 2.25. The van der Waals surface area contributed by atoms with Crippen molar-refractivity contribution < 1.29 is 5.11 Å². The van der Waals surface area contributed by atoms with Gasteiger partial charge >= 0.3 is 0 Å². The molecule has 5 nitrogen and oxygen atoms in total. The van der Waals surface area contributed by atoms with E-state index in [4.69, 9.17) is 4.98 Å². The lowest BCUT2D eigenvalue weighted by Crippen LogP contribution is -2.48. The summed E-state index contributed by atoms with van der Waals surface area (Å²) >= 11 is 0. The summed E-state index contributed by atoms with van der Waals surface area (Å²) in [5.41, 5.74) is 1.06. The van der Waals surface area contributed by atoms with Gasteiger partial charge in [0.1, 0.15) is 5.82 Å². The maximum Gasteiger partial charge on any atom is 0.181 e. The first-order valence-electron chi connectivity index (χ1n) is 9.21. The van der Waals surface area contributed by atoms with Crippen molar-refractivity contribution in [2.24, 2.45) is 0 Å². The third-order valence-electron chi connectivity index (χ3n) is 5.61. The van der Waals surface area contributed by atoms with Gasteiger partial charge in [-0.15, -0.1) is 0 Å². The van der Waals surface area contributed by atoms with Crippen LogP contribution in [0.15, 0.2) is 30.3 Å². The van der Waals surface area contributed by atoms with Crippen molar-refractivity contribution >= 4 is 0 Å². The van der Waals surface area contributed by atoms with Crippen molar-refractivity contribution in [3.05, 3.63) is 36.2 Å². The van der Waals surface area contributed by atoms with Gasteiger partial charge in [0.2, 0.25) is 0 Å². The molecule has 0 radical (unpaired) electrons. The number of piperidine rings is 1. The van der Waals surface area contributed by atoms with Crippen LogP contribution in [0.5, 0.6) is 0 Å². The Hall–Kier alpha value is -1.72. The third kappa shape index (κ3) is 3.23. The number of rotatable bonds is 3. The highest BCUT2D eigenvalue weighted by Crippen LogP contribution is 2.31. The Morgan fingerprint density at radius 2 is 1.75 bits per heavy atom. The molecule has 1 saturated carbocycles. The second-order valence-electron chi connectivity index (χ2n) is 7.14. The molecule has 5 heteroatoms. The molecule has 2 aromatic rings. The van der Waals surface area contributed by atoms with Gasteiger partial charge in [0.15, 0.2) is 5.82 Å². The number of likely N-dealkylation sites (tertiary alicyclic amines) is 1. The first-order chi connectivity index (χ1) is 11.8. The minimum atomic E-state index is -0.134. The van der Waals surface area contributed by atoms with Crippen molar-refractivity contribution in [2.45, 2.75) is 56.6 Å². The van der Waals surface area contributed by atoms with Crippen molar-refractivity contribution in [1.82, 2.24) is 20.1 Å². The zero-order chi connectivity index (χ0) is 16.4. The number of H-pyrrole nitrogens is 1. The molecule has 2 N–H and O–H groups in total. The van der Waals surface area contributed by atoms with E-state index in [-0.39, 0.29) is 6.10 Å². The van der Waals surface area contributed by atoms with Gasteiger partial charge in [-0.05, 0) is 38.8 Å².